The Morgan fingerprint density at radius 1 is 1.35 bits per heavy atom. The van der Waals surface area contributed by atoms with E-state index >= 15 is 0 Å². The van der Waals surface area contributed by atoms with E-state index in [-0.39, 0.29) is 11.9 Å². The molecule has 1 aromatic rings. The van der Waals surface area contributed by atoms with Crippen LogP contribution in [0.4, 0.5) is 0 Å². The van der Waals surface area contributed by atoms with Crippen LogP contribution in [0.5, 0.6) is 0 Å². The zero-order valence-corrected chi connectivity index (χ0v) is 15.9. The number of halogens is 3. The minimum atomic E-state index is -0.369. The van der Waals surface area contributed by atoms with Crippen molar-refractivity contribution in [3.05, 3.63) is 39.0 Å². The first-order chi connectivity index (χ1) is 9.47. The van der Waals surface area contributed by atoms with Crippen LogP contribution in [0.15, 0.2) is 39.0 Å². The van der Waals surface area contributed by atoms with Crippen molar-refractivity contribution >= 4 is 53.7 Å². The predicted octanol–water partition coefficient (Wildman–Crippen LogP) is 4.32. The van der Waals surface area contributed by atoms with Crippen molar-refractivity contribution in [3.8, 4) is 0 Å². The van der Waals surface area contributed by atoms with E-state index in [1.165, 1.54) is 0 Å². The molecular weight excluding hydrogens is 454 g/mol. The van der Waals surface area contributed by atoms with Gasteiger partial charge in [0.2, 0.25) is 5.91 Å². The van der Waals surface area contributed by atoms with Crippen LogP contribution in [0, 0.1) is 0 Å². The smallest absolute Gasteiger partial charge is 0.248 e. The standard InChI is InChI=1S/C13H16Br3N3O/c1-4-7-18(8-5-2)13(20)9(6-3)19-12(16)10(14)11(15)17-19/h4-5,9H,1-2,6-8H2,3H3/t9-/m0/s1. The molecule has 7 heteroatoms. The van der Waals surface area contributed by atoms with Crippen LogP contribution >= 0.6 is 47.8 Å². The van der Waals surface area contributed by atoms with Gasteiger partial charge in [0.1, 0.15) is 15.2 Å². The number of carbonyl (C=O) groups excluding carboxylic acids is 1. The Kier molecular flexibility index (Phi) is 7.19. The van der Waals surface area contributed by atoms with Gasteiger partial charge in [-0.3, -0.25) is 4.79 Å². The first-order valence-electron chi connectivity index (χ1n) is 6.07. The second-order valence-electron chi connectivity index (χ2n) is 4.08. The van der Waals surface area contributed by atoms with E-state index in [4.69, 9.17) is 0 Å². The number of hydrogen-bond donors (Lipinski definition) is 0. The molecule has 0 aliphatic heterocycles. The summed E-state index contributed by atoms with van der Waals surface area (Å²) in [4.78, 5) is 14.3. The van der Waals surface area contributed by atoms with Crippen LogP contribution in [0.3, 0.4) is 0 Å². The Morgan fingerprint density at radius 3 is 2.25 bits per heavy atom. The van der Waals surface area contributed by atoms with E-state index in [9.17, 15) is 4.79 Å². The fraction of sp³-hybridized carbons (Fsp3) is 0.385. The number of hydrogen-bond acceptors (Lipinski definition) is 2. The largest absolute Gasteiger partial charge is 0.333 e. The van der Waals surface area contributed by atoms with Crippen molar-refractivity contribution in [3.63, 3.8) is 0 Å². The third kappa shape index (κ3) is 3.83. The molecule has 0 fully saturated rings. The maximum Gasteiger partial charge on any atom is 0.248 e. The van der Waals surface area contributed by atoms with Gasteiger partial charge >= 0.3 is 0 Å². The molecule has 0 unspecified atom stereocenters. The highest BCUT2D eigenvalue weighted by Gasteiger charge is 2.27. The third-order valence-electron chi connectivity index (χ3n) is 2.74. The summed E-state index contributed by atoms with van der Waals surface area (Å²) in [5, 5.41) is 4.35. The molecule has 1 amide bonds. The molecule has 1 heterocycles. The minimum Gasteiger partial charge on any atom is -0.333 e. The van der Waals surface area contributed by atoms with Crippen LogP contribution in [0.25, 0.3) is 0 Å². The number of rotatable bonds is 7. The van der Waals surface area contributed by atoms with Gasteiger partial charge < -0.3 is 4.90 Å². The Hall–Kier alpha value is -0.400. The second-order valence-corrected chi connectivity index (χ2v) is 6.38. The molecular formula is C13H16Br3N3O. The Labute approximate surface area is 144 Å². The van der Waals surface area contributed by atoms with Crippen molar-refractivity contribution in [1.82, 2.24) is 14.7 Å². The Bertz CT molecular complexity index is 503. The summed E-state index contributed by atoms with van der Waals surface area (Å²) in [7, 11) is 0. The number of aromatic nitrogens is 2. The lowest BCUT2D eigenvalue weighted by atomic mass is 10.2. The van der Waals surface area contributed by atoms with E-state index in [2.05, 4.69) is 66.0 Å². The van der Waals surface area contributed by atoms with Gasteiger partial charge in [0, 0.05) is 13.1 Å². The van der Waals surface area contributed by atoms with Gasteiger partial charge in [0.25, 0.3) is 0 Å². The molecule has 0 saturated carbocycles. The van der Waals surface area contributed by atoms with Crippen molar-refractivity contribution in [2.75, 3.05) is 13.1 Å². The van der Waals surface area contributed by atoms with E-state index in [1.807, 2.05) is 6.92 Å². The van der Waals surface area contributed by atoms with Crippen molar-refractivity contribution < 1.29 is 4.79 Å². The van der Waals surface area contributed by atoms with E-state index in [1.54, 1.807) is 21.7 Å². The van der Waals surface area contributed by atoms with Gasteiger partial charge in [-0.1, -0.05) is 19.1 Å². The molecule has 4 nitrogen and oxygen atoms in total. The van der Waals surface area contributed by atoms with Crippen LogP contribution in [0.2, 0.25) is 0 Å². The molecule has 20 heavy (non-hydrogen) atoms. The molecule has 0 radical (unpaired) electrons. The lowest BCUT2D eigenvalue weighted by Crippen LogP contribution is -2.37. The SMILES string of the molecule is C=CCN(CC=C)C(=O)[C@H](CC)n1nc(Br)c(Br)c1Br. The molecule has 1 rings (SSSR count). The summed E-state index contributed by atoms with van der Waals surface area (Å²) in [6.45, 7) is 10.3. The molecule has 0 aromatic carbocycles. The summed E-state index contributed by atoms with van der Waals surface area (Å²) in [5.41, 5.74) is 0. The number of amides is 1. The van der Waals surface area contributed by atoms with Gasteiger partial charge in [0.05, 0.1) is 4.47 Å². The van der Waals surface area contributed by atoms with Gasteiger partial charge in [0.15, 0.2) is 0 Å². The normalized spacial score (nSPS) is 12.0. The lowest BCUT2D eigenvalue weighted by Gasteiger charge is -2.25. The van der Waals surface area contributed by atoms with E-state index in [0.29, 0.717) is 24.1 Å². The van der Waals surface area contributed by atoms with Gasteiger partial charge in [-0.2, -0.15) is 5.10 Å². The Balaban J connectivity index is 3.10. The average molecular weight is 470 g/mol. The van der Waals surface area contributed by atoms with Crippen molar-refractivity contribution in [2.45, 2.75) is 19.4 Å². The van der Waals surface area contributed by atoms with E-state index < -0.39 is 0 Å². The van der Waals surface area contributed by atoms with Crippen LogP contribution in [-0.4, -0.2) is 33.7 Å². The summed E-state index contributed by atoms with van der Waals surface area (Å²) in [6.07, 6.45) is 4.05. The summed E-state index contributed by atoms with van der Waals surface area (Å²) >= 11 is 10.2. The Morgan fingerprint density at radius 2 is 1.90 bits per heavy atom. The van der Waals surface area contributed by atoms with Crippen LogP contribution in [-0.2, 0) is 4.79 Å². The highest BCUT2D eigenvalue weighted by atomic mass is 79.9. The molecule has 0 N–H and O–H groups in total. The molecule has 0 aliphatic rings. The van der Waals surface area contributed by atoms with Crippen molar-refractivity contribution in [1.29, 1.82) is 0 Å². The molecule has 0 spiro atoms. The maximum atomic E-state index is 12.6. The molecule has 0 saturated heterocycles. The third-order valence-corrected chi connectivity index (χ3v) is 5.87. The van der Waals surface area contributed by atoms with Gasteiger partial charge in [-0.05, 0) is 54.2 Å². The van der Waals surface area contributed by atoms with E-state index in [0.717, 1.165) is 9.08 Å². The molecule has 1 aromatic heterocycles. The second kappa shape index (κ2) is 8.14. The van der Waals surface area contributed by atoms with Crippen LogP contribution < -0.4 is 0 Å². The molecule has 0 bridgehead atoms. The molecule has 1 atom stereocenters. The predicted molar refractivity (Wildman–Crippen MR) is 91.6 cm³/mol. The maximum absolute atomic E-state index is 12.6. The average Bonchev–Trinajstić information content (AvgIpc) is 2.67. The van der Waals surface area contributed by atoms with Crippen LogP contribution in [0.1, 0.15) is 19.4 Å². The minimum absolute atomic E-state index is 0.00417. The summed E-state index contributed by atoms with van der Waals surface area (Å²) in [6, 6.07) is -0.369. The lowest BCUT2D eigenvalue weighted by molar-refractivity contribution is -0.134. The quantitative estimate of drug-likeness (QED) is 0.558. The summed E-state index contributed by atoms with van der Waals surface area (Å²) in [5.74, 6) is -0.00417. The first kappa shape index (κ1) is 17.7. The monoisotopic (exact) mass is 467 g/mol. The van der Waals surface area contributed by atoms with Gasteiger partial charge in [-0.25, -0.2) is 4.68 Å². The number of nitrogens with zero attached hydrogens (tertiary/aromatic N) is 3. The molecule has 0 aliphatic carbocycles. The fourth-order valence-corrected chi connectivity index (χ4v) is 3.20. The number of carbonyl (C=O) groups is 1. The van der Waals surface area contributed by atoms with Gasteiger partial charge in [-0.15, -0.1) is 13.2 Å². The molecule has 110 valence electrons. The zero-order chi connectivity index (χ0) is 15.3. The highest BCUT2D eigenvalue weighted by Crippen LogP contribution is 2.33. The zero-order valence-electron chi connectivity index (χ0n) is 11.2. The summed E-state index contributed by atoms with van der Waals surface area (Å²) < 4.78 is 3.87. The fourth-order valence-electron chi connectivity index (χ4n) is 1.80. The first-order valence-corrected chi connectivity index (χ1v) is 8.45. The highest BCUT2D eigenvalue weighted by molar-refractivity contribution is 9.14. The van der Waals surface area contributed by atoms with Crippen molar-refractivity contribution in [2.24, 2.45) is 0 Å². The topological polar surface area (TPSA) is 38.1 Å².